The number of benzene rings is 1. The number of alkyl carbamates (subject to hydrolysis) is 1. The van der Waals surface area contributed by atoms with Crippen LogP contribution in [-0.2, 0) is 4.74 Å². The summed E-state index contributed by atoms with van der Waals surface area (Å²) in [6, 6.07) is 9.12. The fourth-order valence-corrected chi connectivity index (χ4v) is 1.34. The van der Waals surface area contributed by atoms with Gasteiger partial charge in [0.1, 0.15) is 12.2 Å². The van der Waals surface area contributed by atoms with E-state index < -0.39 is 18.3 Å². The Hall–Kier alpha value is -1.55. The number of hydrogen-bond acceptors (Lipinski definition) is 3. The molecular weight excluding hydrogens is 206 g/mol. The maximum atomic E-state index is 11.1. The van der Waals surface area contributed by atoms with Crippen molar-refractivity contribution >= 4 is 6.09 Å². The third kappa shape index (κ3) is 3.55. The molecule has 0 saturated heterocycles. The van der Waals surface area contributed by atoms with E-state index >= 15 is 0 Å². The van der Waals surface area contributed by atoms with E-state index in [9.17, 15) is 9.90 Å². The summed E-state index contributed by atoms with van der Waals surface area (Å²) in [5.74, 6) is 0. The van der Waals surface area contributed by atoms with Crippen LogP contribution in [0.3, 0.4) is 0 Å². The molecule has 0 fully saturated rings. The van der Waals surface area contributed by atoms with Crippen LogP contribution in [0.2, 0.25) is 0 Å². The van der Waals surface area contributed by atoms with Crippen LogP contribution in [0.1, 0.15) is 25.5 Å². The minimum atomic E-state index is -0.802. The lowest BCUT2D eigenvalue weighted by atomic mass is 10.1. The molecule has 0 heterocycles. The Bertz CT molecular complexity index is 326. The second kappa shape index (κ2) is 6.12. The number of carbonyl (C=O) groups is 1. The molecule has 4 heteroatoms. The number of aliphatic hydroxyl groups is 1. The van der Waals surface area contributed by atoms with Gasteiger partial charge in [-0.05, 0) is 19.4 Å². The summed E-state index contributed by atoms with van der Waals surface area (Å²) < 4.78 is 5.01. The van der Waals surface area contributed by atoms with E-state index in [0.717, 1.165) is 5.56 Å². The van der Waals surface area contributed by atoms with Crippen LogP contribution in [0, 0.1) is 0 Å². The van der Waals surface area contributed by atoms with Crippen LogP contribution in [0.25, 0.3) is 0 Å². The van der Waals surface area contributed by atoms with Crippen molar-refractivity contribution in [1.82, 2.24) is 5.32 Å². The van der Waals surface area contributed by atoms with Gasteiger partial charge in [-0.1, -0.05) is 30.3 Å². The zero-order chi connectivity index (χ0) is 12.0. The Morgan fingerprint density at radius 2 is 2.06 bits per heavy atom. The topological polar surface area (TPSA) is 58.6 Å². The van der Waals surface area contributed by atoms with Crippen LogP contribution in [0.15, 0.2) is 30.3 Å². The summed E-state index contributed by atoms with van der Waals surface area (Å²) in [5, 5.41) is 12.4. The van der Waals surface area contributed by atoms with E-state index in [1.165, 1.54) is 0 Å². The Morgan fingerprint density at radius 3 is 2.62 bits per heavy atom. The summed E-state index contributed by atoms with van der Waals surface area (Å²) in [4.78, 5) is 11.1. The average molecular weight is 223 g/mol. The molecule has 4 nitrogen and oxygen atoms in total. The number of amides is 1. The molecule has 0 bridgehead atoms. The summed E-state index contributed by atoms with van der Waals surface area (Å²) in [6.07, 6.45) is -1.89. The molecule has 1 rings (SSSR count). The molecule has 2 N–H and O–H groups in total. The van der Waals surface area contributed by atoms with E-state index in [1.807, 2.05) is 18.2 Å². The van der Waals surface area contributed by atoms with Gasteiger partial charge in [-0.25, -0.2) is 4.79 Å². The van der Waals surface area contributed by atoms with E-state index in [0.29, 0.717) is 6.54 Å². The fraction of sp³-hybridized carbons (Fsp3) is 0.417. The molecule has 1 amide bonds. The van der Waals surface area contributed by atoms with Gasteiger partial charge in [0, 0.05) is 6.54 Å². The molecule has 16 heavy (non-hydrogen) atoms. The highest BCUT2D eigenvalue weighted by atomic mass is 16.6. The summed E-state index contributed by atoms with van der Waals surface area (Å²) in [7, 11) is 0. The normalized spacial score (nSPS) is 13.9. The molecule has 0 radical (unpaired) electrons. The molecule has 2 atom stereocenters. The summed E-state index contributed by atoms with van der Waals surface area (Å²) in [6.45, 7) is 3.97. The summed E-state index contributed by atoms with van der Waals surface area (Å²) >= 11 is 0. The standard InChI is InChI=1S/C12H17NO3/c1-3-13-12(15)16-9(2)11(14)10-7-5-4-6-8-10/h4-9,11,14H,3H2,1-2H3,(H,13,15)/t9-,11+/m0/s1. The van der Waals surface area contributed by atoms with E-state index in [2.05, 4.69) is 5.32 Å². The van der Waals surface area contributed by atoms with Crippen molar-refractivity contribution in [2.75, 3.05) is 6.54 Å². The first-order valence-electron chi connectivity index (χ1n) is 5.32. The predicted octanol–water partition coefficient (Wildman–Crippen LogP) is 1.85. The van der Waals surface area contributed by atoms with E-state index in [-0.39, 0.29) is 0 Å². The van der Waals surface area contributed by atoms with Crippen molar-refractivity contribution in [3.63, 3.8) is 0 Å². The maximum absolute atomic E-state index is 11.1. The lowest BCUT2D eigenvalue weighted by Gasteiger charge is -2.19. The van der Waals surface area contributed by atoms with Gasteiger partial charge in [-0.3, -0.25) is 0 Å². The van der Waals surface area contributed by atoms with Crippen LogP contribution in [0.4, 0.5) is 4.79 Å². The molecule has 0 unspecified atom stereocenters. The predicted molar refractivity (Wildman–Crippen MR) is 61.0 cm³/mol. The van der Waals surface area contributed by atoms with Crippen molar-refractivity contribution in [3.8, 4) is 0 Å². The van der Waals surface area contributed by atoms with Crippen molar-refractivity contribution in [2.45, 2.75) is 26.1 Å². The van der Waals surface area contributed by atoms with Crippen LogP contribution < -0.4 is 5.32 Å². The lowest BCUT2D eigenvalue weighted by Crippen LogP contribution is -2.30. The van der Waals surface area contributed by atoms with Gasteiger partial charge >= 0.3 is 6.09 Å². The summed E-state index contributed by atoms with van der Waals surface area (Å²) in [5.41, 5.74) is 0.735. The lowest BCUT2D eigenvalue weighted by molar-refractivity contribution is 0.0121. The molecule has 0 aliphatic heterocycles. The van der Waals surface area contributed by atoms with Gasteiger partial charge < -0.3 is 15.2 Å². The number of ether oxygens (including phenoxy) is 1. The number of carbonyl (C=O) groups excluding carboxylic acids is 1. The second-order valence-corrected chi connectivity index (χ2v) is 3.50. The molecule has 1 aromatic carbocycles. The third-order valence-corrected chi connectivity index (χ3v) is 2.20. The Kier molecular flexibility index (Phi) is 4.79. The highest BCUT2D eigenvalue weighted by molar-refractivity contribution is 5.67. The third-order valence-electron chi connectivity index (χ3n) is 2.20. The molecular formula is C12H17NO3. The first kappa shape index (κ1) is 12.5. The van der Waals surface area contributed by atoms with Gasteiger partial charge in [0.25, 0.3) is 0 Å². The van der Waals surface area contributed by atoms with Crippen LogP contribution >= 0.6 is 0 Å². The Labute approximate surface area is 95.2 Å². The molecule has 1 aromatic rings. The molecule has 0 aliphatic rings. The zero-order valence-electron chi connectivity index (χ0n) is 9.51. The van der Waals surface area contributed by atoms with Gasteiger partial charge in [0.15, 0.2) is 0 Å². The van der Waals surface area contributed by atoms with Crippen molar-refractivity contribution < 1.29 is 14.6 Å². The van der Waals surface area contributed by atoms with Gasteiger partial charge in [0.05, 0.1) is 0 Å². The van der Waals surface area contributed by atoms with Crippen molar-refractivity contribution in [1.29, 1.82) is 0 Å². The van der Waals surface area contributed by atoms with Gasteiger partial charge in [0.2, 0.25) is 0 Å². The number of nitrogens with one attached hydrogen (secondary N) is 1. The zero-order valence-corrected chi connectivity index (χ0v) is 9.51. The van der Waals surface area contributed by atoms with E-state index in [1.54, 1.807) is 26.0 Å². The minimum Gasteiger partial charge on any atom is -0.443 e. The second-order valence-electron chi connectivity index (χ2n) is 3.50. The van der Waals surface area contributed by atoms with Crippen molar-refractivity contribution in [3.05, 3.63) is 35.9 Å². The van der Waals surface area contributed by atoms with Crippen molar-refractivity contribution in [2.24, 2.45) is 0 Å². The monoisotopic (exact) mass is 223 g/mol. The molecule has 0 spiro atoms. The first-order chi connectivity index (χ1) is 7.65. The quantitative estimate of drug-likeness (QED) is 0.819. The highest BCUT2D eigenvalue weighted by Gasteiger charge is 2.19. The number of hydrogen-bond donors (Lipinski definition) is 2. The largest absolute Gasteiger partial charge is 0.443 e. The van der Waals surface area contributed by atoms with Gasteiger partial charge in [-0.15, -0.1) is 0 Å². The molecule has 0 aromatic heterocycles. The maximum Gasteiger partial charge on any atom is 0.407 e. The molecule has 0 saturated carbocycles. The van der Waals surface area contributed by atoms with Crippen LogP contribution in [-0.4, -0.2) is 23.8 Å². The Balaban J connectivity index is 2.54. The highest BCUT2D eigenvalue weighted by Crippen LogP contribution is 2.18. The molecule has 0 aliphatic carbocycles. The smallest absolute Gasteiger partial charge is 0.407 e. The van der Waals surface area contributed by atoms with E-state index in [4.69, 9.17) is 4.74 Å². The SMILES string of the molecule is CCNC(=O)O[C@@H](C)[C@@H](O)c1ccccc1. The fourth-order valence-electron chi connectivity index (χ4n) is 1.34. The Morgan fingerprint density at radius 1 is 1.44 bits per heavy atom. The van der Waals surface area contributed by atoms with Gasteiger partial charge in [-0.2, -0.15) is 0 Å². The number of aliphatic hydroxyl groups excluding tert-OH is 1. The minimum absolute atomic E-state index is 0.507. The van der Waals surface area contributed by atoms with Crippen LogP contribution in [0.5, 0.6) is 0 Å². The average Bonchev–Trinajstić information content (AvgIpc) is 2.29. The molecule has 88 valence electrons. The first-order valence-corrected chi connectivity index (χ1v) is 5.32. The number of rotatable bonds is 4.